The summed E-state index contributed by atoms with van der Waals surface area (Å²) in [6.07, 6.45) is 0. The van der Waals surface area contributed by atoms with Crippen molar-refractivity contribution < 1.29 is 9.90 Å². The van der Waals surface area contributed by atoms with E-state index >= 15 is 0 Å². The second-order valence-corrected chi connectivity index (χ2v) is 2.21. The van der Waals surface area contributed by atoms with Crippen LogP contribution in [0.25, 0.3) is 0 Å². The molecular weight excluding hydrogens is 136 g/mol. The Morgan fingerprint density at radius 2 is 2.56 bits per heavy atom. The number of aliphatic hydroxyl groups is 1. The average molecular weight is 145 g/mol. The highest BCUT2D eigenvalue weighted by molar-refractivity contribution is 7.64. The van der Waals surface area contributed by atoms with Crippen molar-refractivity contribution in [2.24, 2.45) is 0 Å². The Kier molecular flexibility index (Phi) is 4.96. The van der Waals surface area contributed by atoms with Crippen molar-refractivity contribution in [3.8, 4) is 0 Å². The number of carbonyl (C=O) groups is 1. The number of aliphatic hydroxyl groups excluding tert-OH is 1. The summed E-state index contributed by atoms with van der Waals surface area (Å²) < 4.78 is 0. The Bertz CT molecular complexity index is 101. The molecule has 0 aromatic carbocycles. The number of ketones is 1. The van der Waals surface area contributed by atoms with Crippen LogP contribution in [0.1, 0.15) is 6.92 Å². The number of Topliss-reactive ketones (excluding diaryl/α,β-unsaturated/α-hetero) is 1. The van der Waals surface area contributed by atoms with E-state index in [0.717, 1.165) is 0 Å². The van der Waals surface area contributed by atoms with Crippen LogP contribution < -0.4 is 5.09 Å². The SMILES string of the molecule is [B]PNC(CO)C(C)=O. The fourth-order valence-electron chi connectivity index (χ4n) is 0.376. The predicted octanol–water partition coefficient (Wildman–Crippen LogP) is -0.797. The minimum absolute atomic E-state index is 0.00687. The van der Waals surface area contributed by atoms with E-state index in [1.165, 1.54) is 6.92 Å². The van der Waals surface area contributed by atoms with Crippen LogP contribution in [0.5, 0.6) is 0 Å². The molecule has 0 bridgehead atoms. The van der Waals surface area contributed by atoms with E-state index in [1.807, 2.05) is 0 Å². The van der Waals surface area contributed by atoms with Gasteiger partial charge in [-0.1, -0.05) is 0 Å². The van der Waals surface area contributed by atoms with Crippen LogP contribution in [0.4, 0.5) is 0 Å². The van der Waals surface area contributed by atoms with Gasteiger partial charge in [-0.3, -0.25) is 9.88 Å². The summed E-state index contributed by atoms with van der Waals surface area (Å²) in [4.78, 5) is 10.5. The van der Waals surface area contributed by atoms with Crippen LogP contribution in [0, 0.1) is 0 Å². The minimum Gasteiger partial charge on any atom is -0.394 e. The van der Waals surface area contributed by atoms with Crippen molar-refractivity contribution >= 4 is 22.0 Å². The Balaban J connectivity index is 3.54. The zero-order valence-corrected chi connectivity index (χ0v) is 6.22. The topological polar surface area (TPSA) is 49.3 Å². The molecule has 50 valence electrons. The normalized spacial score (nSPS) is 14.4. The van der Waals surface area contributed by atoms with Crippen LogP contribution in [0.3, 0.4) is 0 Å². The maximum Gasteiger partial charge on any atom is 0.149 e. The number of nitrogens with one attached hydrogen (secondary N) is 1. The second-order valence-electron chi connectivity index (χ2n) is 1.63. The standard InChI is InChI=1S/C4H9BNO2P/c1-3(8)4(2-7)6-9-5/h4,6-7,9H,2H2,1H3. The third-order valence-corrected chi connectivity index (χ3v) is 1.45. The van der Waals surface area contributed by atoms with E-state index in [2.05, 4.69) is 5.09 Å². The van der Waals surface area contributed by atoms with Gasteiger partial charge < -0.3 is 5.11 Å². The second kappa shape index (κ2) is 4.92. The largest absolute Gasteiger partial charge is 0.394 e. The lowest BCUT2D eigenvalue weighted by Crippen LogP contribution is -2.33. The summed E-state index contributed by atoms with van der Waals surface area (Å²) in [5, 5.41) is 11.1. The van der Waals surface area contributed by atoms with E-state index in [1.54, 1.807) is 0 Å². The molecule has 3 nitrogen and oxygen atoms in total. The minimum atomic E-state index is -0.478. The van der Waals surface area contributed by atoms with Crippen molar-refractivity contribution in [3.05, 3.63) is 0 Å². The van der Waals surface area contributed by atoms with Gasteiger partial charge in [0.05, 0.1) is 12.6 Å². The maximum atomic E-state index is 10.5. The van der Waals surface area contributed by atoms with Gasteiger partial charge in [-0.25, -0.2) is 0 Å². The lowest BCUT2D eigenvalue weighted by molar-refractivity contribution is -0.119. The van der Waals surface area contributed by atoms with Crippen LogP contribution in [-0.2, 0) is 4.79 Å². The molecule has 0 aromatic heterocycles. The van der Waals surface area contributed by atoms with Gasteiger partial charge in [-0.15, -0.1) is 8.61 Å². The first-order valence-electron chi connectivity index (χ1n) is 2.54. The zero-order valence-electron chi connectivity index (χ0n) is 5.22. The molecule has 2 atom stereocenters. The van der Waals surface area contributed by atoms with E-state index in [0.29, 0.717) is 0 Å². The quantitative estimate of drug-likeness (QED) is 0.402. The van der Waals surface area contributed by atoms with Crippen molar-refractivity contribution in [2.75, 3.05) is 6.61 Å². The van der Waals surface area contributed by atoms with E-state index in [4.69, 9.17) is 12.7 Å². The number of carbonyl (C=O) groups excluding carboxylic acids is 1. The van der Waals surface area contributed by atoms with Gasteiger partial charge in [-0.2, -0.15) is 0 Å². The molecule has 0 spiro atoms. The number of hydrogen-bond acceptors (Lipinski definition) is 3. The van der Waals surface area contributed by atoms with Crippen LogP contribution in [0.15, 0.2) is 0 Å². The lowest BCUT2D eigenvalue weighted by Gasteiger charge is -2.09. The first-order chi connectivity index (χ1) is 4.22. The van der Waals surface area contributed by atoms with E-state index in [9.17, 15) is 4.79 Å². The summed E-state index contributed by atoms with van der Waals surface area (Å²) in [5.41, 5.74) is 0. The van der Waals surface area contributed by atoms with Gasteiger partial charge in [-0.05, 0) is 6.92 Å². The van der Waals surface area contributed by atoms with Crippen molar-refractivity contribution in [3.63, 3.8) is 0 Å². The van der Waals surface area contributed by atoms with Gasteiger partial charge in [0.25, 0.3) is 0 Å². The average Bonchev–Trinajstić information content (AvgIpc) is 1.82. The summed E-state index contributed by atoms with van der Waals surface area (Å²) in [7, 11) is 5.10. The fraction of sp³-hybridized carbons (Fsp3) is 0.750. The van der Waals surface area contributed by atoms with Crippen molar-refractivity contribution in [1.82, 2.24) is 5.09 Å². The van der Waals surface area contributed by atoms with Crippen LogP contribution in [0.2, 0.25) is 0 Å². The molecule has 0 saturated carbocycles. The molecule has 0 aliphatic carbocycles. The summed E-state index contributed by atoms with van der Waals surface area (Å²) >= 11 is 0. The van der Waals surface area contributed by atoms with Gasteiger partial charge >= 0.3 is 0 Å². The summed E-state index contributed by atoms with van der Waals surface area (Å²) in [6.45, 7) is 1.23. The molecule has 0 amide bonds. The van der Waals surface area contributed by atoms with Gasteiger partial charge in [0, 0.05) is 0 Å². The molecule has 0 aromatic rings. The fourth-order valence-corrected chi connectivity index (χ4v) is 0.872. The third-order valence-electron chi connectivity index (χ3n) is 0.931. The summed E-state index contributed by atoms with van der Waals surface area (Å²) in [5.74, 6) is -0.0875. The Morgan fingerprint density at radius 1 is 2.00 bits per heavy atom. The monoisotopic (exact) mass is 145 g/mol. The maximum absolute atomic E-state index is 10.5. The first kappa shape index (κ1) is 9.08. The highest BCUT2D eigenvalue weighted by Gasteiger charge is 2.08. The molecule has 0 saturated heterocycles. The molecular formula is C4H9BNO2P. The van der Waals surface area contributed by atoms with Crippen LogP contribution in [-0.4, -0.2) is 31.1 Å². The number of rotatable bonds is 4. The molecule has 0 aliphatic rings. The molecule has 2 radical (unpaired) electrons. The highest BCUT2D eigenvalue weighted by atomic mass is 31.1. The smallest absolute Gasteiger partial charge is 0.149 e. The number of hydrogen-bond donors (Lipinski definition) is 2. The molecule has 0 aliphatic heterocycles. The zero-order chi connectivity index (χ0) is 7.28. The molecule has 5 heteroatoms. The van der Waals surface area contributed by atoms with Crippen molar-refractivity contribution in [1.29, 1.82) is 0 Å². The first-order valence-corrected chi connectivity index (χ1v) is 3.62. The molecule has 9 heavy (non-hydrogen) atoms. The van der Waals surface area contributed by atoms with Crippen LogP contribution >= 0.6 is 8.61 Å². The van der Waals surface area contributed by atoms with E-state index in [-0.39, 0.29) is 21.0 Å². The molecule has 0 heterocycles. The van der Waals surface area contributed by atoms with Crippen molar-refractivity contribution in [2.45, 2.75) is 13.0 Å². The predicted molar refractivity (Wildman–Crippen MR) is 38.8 cm³/mol. The highest BCUT2D eigenvalue weighted by Crippen LogP contribution is 1.95. The van der Waals surface area contributed by atoms with Gasteiger partial charge in [0.2, 0.25) is 0 Å². The van der Waals surface area contributed by atoms with Gasteiger partial charge in [0.15, 0.2) is 0 Å². The Hall–Kier alpha value is 0.0849. The third kappa shape index (κ3) is 3.63. The molecule has 2 N–H and O–H groups in total. The van der Waals surface area contributed by atoms with E-state index < -0.39 is 6.04 Å². The lowest BCUT2D eigenvalue weighted by atomic mass is 10.2. The molecule has 0 fully saturated rings. The summed E-state index contributed by atoms with van der Waals surface area (Å²) in [6, 6.07) is -0.478. The molecule has 0 rings (SSSR count). The van der Waals surface area contributed by atoms with Gasteiger partial charge in [0.1, 0.15) is 13.3 Å². The Labute approximate surface area is 57.4 Å². The molecule has 2 unspecified atom stereocenters. The Morgan fingerprint density at radius 3 is 2.67 bits per heavy atom.